The van der Waals surface area contributed by atoms with Crippen molar-refractivity contribution < 1.29 is 8.78 Å². The highest BCUT2D eigenvalue weighted by Gasteiger charge is 2.18. The molecule has 26 heavy (non-hydrogen) atoms. The minimum Gasteiger partial charge on any atom is -0.339 e. The Balaban J connectivity index is 1.90. The molecule has 0 aliphatic carbocycles. The molecule has 4 rings (SSSR count). The Kier molecular flexibility index (Phi) is 4.13. The van der Waals surface area contributed by atoms with Crippen molar-refractivity contribution in [3.05, 3.63) is 96.6 Å². The van der Waals surface area contributed by atoms with Gasteiger partial charge >= 0.3 is 0 Å². The van der Waals surface area contributed by atoms with Gasteiger partial charge in [-0.15, -0.1) is 0 Å². The van der Waals surface area contributed by atoms with Crippen LogP contribution >= 0.6 is 0 Å². The number of para-hydroxylation sites is 2. The maximum absolute atomic E-state index is 14.8. The van der Waals surface area contributed by atoms with E-state index in [1.165, 1.54) is 12.1 Å². The van der Waals surface area contributed by atoms with Crippen molar-refractivity contribution in [2.24, 2.45) is 0 Å². The average molecular weight is 345 g/mol. The molecule has 0 aliphatic rings. The van der Waals surface area contributed by atoms with E-state index in [1.54, 1.807) is 36.2 Å². The van der Waals surface area contributed by atoms with Crippen LogP contribution in [0.1, 0.15) is 0 Å². The van der Waals surface area contributed by atoms with E-state index < -0.39 is 0 Å². The summed E-state index contributed by atoms with van der Waals surface area (Å²) in [5.74, 6) is -0.774. The zero-order valence-electron chi connectivity index (χ0n) is 14.3. The number of hydrogen-bond donors (Lipinski definition) is 0. The summed E-state index contributed by atoms with van der Waals surface area (Å²) in [5, 5.41) is 2.20. The van der Waals surface area contributed by atoms with Gasteiger partial charge in [-0.05, 0) is 40.6 Å². The van der Waals surface area contributed by atoms with Gasteiger partial charge in [0, 0.05) is 12.6 Å². The van der Waals surface area contributed by atoms with Crippen LogP contribution in [0, 0.1) is 11.6 Å². The van der Waals surface area contributed by atoms with Crippen LogP contribution < -0.4 is 4.90 Å². The van der Waals surface area contributed by atoms with Gasteiger partial charge in [0.25, 0.3) is 0 Å². The van der Waals surface area contributed by atoms with E-state index in [-0.39, 0.29) is 11.6 Å². The van der Waals surface area contributed by atoms with Crippen LogP contribution in [-0.2, 0) is 0 Å². The summed E-state index contributed by atoms with van der Waals surface area (Å²) in [4.78, 5) is 1.56. The summed E-state index contributed by atoms with van der Waals surface area (Å²) in [6.45, 7) is 0. The minimum atomic E-state index is -0.388. The largest absolute Gasteiger partial charge is 0.339 e. The fourth-order valence-corrected chi connectivity index (χ4v) is 3.29. The predicted molar refractivity (Wildman–Crippen MR) is 104 cm³/mol. The molecule has 0 radical (unpaired) electrons. The molecule has 0 amide bonds. The first-order valence-corrected chi connectivity index (χ1v) is 8.41. The van der Waals surface area contributed by atoms with E-state index in [9.17, 15) is 8.78 Å². The average Bonchev–Trinajstić information content (AvgIpc) is 2.67. The molecule has 4 aromatic carbocycles. The fourth-order valence-electron chi connectivity index (χ4n) is 3.29. The zero-order chi connectivity index (χ0) is 18.1. The number of anilines is 2. The Morgan fingerprint density at radius 1 is 0.654 bits per heavy atom. The highest BCUT2D eigenvalue weighted by molar-refractivity contribution is 5.91. The molecule has 4 aromatic rings. The first kappa shape index (κ1) is 16.3. The van der Waals surface area contributed by atoms with Gasteiger partial charge in [-0.25, -0.2) is 8.78 Å². The third-order valence-electron chi connectivity index (χ3n) is 4.60. The van der Waals surface area contributed by atoms with Crippen LogP contribution in [0.25, 0.3) is 21.9 Å². The highest BCUT2D eigenvalue weighted by atomic mass is 19.1. The lowest BCUT2D eigenvalue weighted by Gasteiger charge is -2.24. The molecule has 0 atom stereocenters. The van der Waals surface area contributed by atoms with E-state index in [4.69, 9.17) is 0 Å². The maximum Gasteiger partial charge on any atom is 0.147 e. The lowest BCUT2D eigenvalue weighted by atomic mass is 9.99. The fraction of sp³-hybridized carbons (Fsp3) is 0.0435. The second-order valence-electron chi connectivity index (χ2n) is 6.21. The molecular weight excluding hydrogens is 328 g/mol. The zero-order valence-corrected chi connectivity index (χ0v) is 14.3. The second kappa shape index (κ2) is 6.60. The molecule has 0 aliphatic heterocycles. The lowest BCUT2D eigenvalue weighted by Crippen LogP contribution is -2.14. The van der Waals surface area contributed by atoms with Crippen molar-refractivity contribution in [2.45, 2.75) is 0 Å². The van der Waals surface area contributed by atoms with Crippen LogP contribution in [0.4, 0.5) is 20.2 Å². The van der Waals surface area contributed by atoms with Crippen LogP contribution in [0.2, 0.25) is 0 Å². The quantitative estimate of drug-likeness (QED) is 0.407. The third kappa shape index (κ3) is 2.82. The Hall–Kier alpha value is -3.20. The Bertz CT molecular complexity index is 1090. The molecule has 0 unspecified atom stereocenters. The van der Waals surface area contributed by atoms with Crippen molar-refractivity contribution in [1.29, 1.82) is 0 Å². The van der Waals surface area contributed by atoms with Crippen molar-refractivity contribution in [3.8, 4) is 11.1 Å². The summed E-state index contributed by atoms with van der Waals surface area (Å²) in [6, 6.07) is 25.4. The molecule has 0 aromatic heterocycles. The molecule has 1 nitrogen and oxygen atoms in total. The molecule has 128 valence electrons. The highest BCUT2D eigenvalue weighted by Crippen LogP contribution is 2.38. The molecule has 3 heteroatoms. The van der Waals surface area contributed by atoms with Crippen molar-refractivity contribution in [2.75, 3.05) is 11.9 Å². The van der Waals surface area contributed by atoms with Gasteiger partial charge in [0.05, 0.1) is 11.4 Å². The van der Waals surface area contributed by atoms with E-state index in [0.29, 0.717) is 11.4 Å². The van der Waals surface area contributed by atoms with Crippen LogP contribution in [0.15, 0.2) is 84.9 Å². The minimum absolute atomic E-state index is 0.333. The smallest absolute Gasteiger partial charge is 0.147 e. The normalized spacial score (nSPS) is 10.9. The number of nitrogens with zero attached hydrogens (tertiary/aromatic N) is 1. The Morgan fingerprint density at radius 2 is 1.35 bits per heavy atom. The van der Waals surface area contributed by atoms with Gasteiger partial charge in [-0.1, -0.05) is 60.7 Å². The number of halogens is 2. The monoisotopic (exact) mass is 345 g/mol. The van der Waals surface area contributed by atoms with Gasteiger partial charge < -0.3 is 4.90 Å². The van der Waals surface area contributed by atoms with E-state index in [1.807, 2.05) is 48.5 Å². The summed E-state index contributed by atoms with van der Waals surface area (Å²) < 4.78 is 29.0. The standard InChI is InChI=1S/C23H17F2N/c1-26(22-12-5-4-10-20(22)24)23-19(9-6-11-21(23)25)18-14-13-16-7-2-3-8-17(16)15-18/h2-15H,1H3. The van der Waals surface area contributed by atoms with E-state index >= 15 is 0 Å². The van der Waals surface area contributed by atoms with Gasteiger partial charge in [-0.3, -0.25) is 0 Å². The molecule has 0 saturated heterocycles. The first-order valence-electron chi connectivity index (χ1n) is 8.41. The number of rotatable bonds is 3. The van der Waals surface area contributed by atoms with Gasteiger partial charge in [-0.2, -0.15) is 0 Å². The molecule has 0 fully saturated rings. The molecule has 0 spiro atoms. The SMILES string of the molecule is CN(c1ccccc1F)c1c(F)cccc1-c1ccc2ccccc2c1. The van der Waals surface area contributed by atoms with Gasteiger partial charge in [0.15, 0.2) is 0 Å². The van der Waals surface area contributed by atoms with Crippen molar-refractivity contribution in [1.82, 2.24) is 0 Å². The first-order chi connectivity index (χ1) is 12.6. The molecule has 0 bridgehead atoms. The van der Waals surface area contributed by atoms with Crippen molar-refractivity contribution >= 4 is 22.1 Å². The summed E-state index contributed by atoms with van der Waals surface area (Å²) in [6.07, 6.45) is 0. The topological polar surface area (TPSA) is 3.24 Å². The molecular formula is C23H17F2N. The maximum atomic E-state index is 14.8. The van der Waals surface area contributed by atoms with Gasteiger partial charge in [0.2, 0.25) is 0 Å². The number of fused-ring (bicyclic) bond motifs is 1. The Labute approximate surface area is 151 Å². The molecule has 0 saturated carbocycles. The van der Waals surface area contributed by atoms with Crippen LogP contribution in [0.5, 0.6) is 0 Å². The summed E-state index contributed by atoms with van der Waals surface area (Å²) >= 11 is 0. The van der Waals surface area contributed by atoms with Gasteiger partial charge in [0.1, 0.15) is 11.6 Å². The number of hydrogen-bond acceptors (Lipinski definition) is 1. The van der Waals surface area contributed by atoms with Crippen molar-refractivity contribution in [3.63, 3.8) is 0 Å². The number of benzene rings is 4. The van der Waals surface area contributed by atoms with Crippen LogP contribution in [0.3, 0.4) is 0 Å². The summed E-state index contributed by atoms with van der Waals surface area (Å²) in [7, 11) is 1.68. The molecule has 0 N–H and O–H groups in total. The lowest BCUT2D eigenvalue weighted by molar-refractivity contribution is 0.618. The summed E-state index contributed by atoms with van der Waals surface area (Å²) in [5.41, 5.74) is 2.30. The molecule has 0 heterocycles. The van der Waals surface area contributed by atoms with E-state index in [0.717, 1.165) is 21.9 Å². The van der Waals surface area contributed by atoms with Crippen LogP contribution in [-0.4, -0.2) is 7.05 Å². The predicted octanol–water partition coefficient (Wildman–Crippen LogP) is 6.55. The van der Waals surface area contributed by atoms with E-state index in [2.05, 4.69) is 0 Å². The Morgan fingerprint density at radius 3 is 2.15 bits per heavy atom. The third-order valence-corrected chi connectivity index (χ3v) is 4.60. The second-order valence-corrected chi connectivity index (χ2v) is 6.21.